The van der Waals surface area contributed by atoms with Gasteiger partial charge in [0.15, 0.2) is 54.4 Å². The summed E-state index contributed by atoms with van der Waals surface area (Å²) in [5.74, 6) is -4.65. The SMILES string of the molecule is O=S(=O)(C1=CCOc2c(F)ccc(F)c21)c1ccc(Cl)cc1.O=S(=O)(c1ccc(Cl)cc1)C1c2c(F)ccc(F)c2OCC1SCCCO.O=S(=O)(c1ccc(Cl)cc1)[C@@]12CCCS[C@@H]1COc1c(F)ccc(F)c12.OCCCO. The van der Waals surface area contributed by atoms with Gasteiger partial charge in [-0.3, -0.25) is 0 Å². The van der Waals surface area contributed by atoms with E-state index < -0.39 is 90.7 Å². The zero-order valence-corrected chi connectivity index (χ0v) is 48.0. The molecule has 4 heterocycles. The zero-order valence-electron chi connectivity index (χ0n) is 41.6. The average Bonchev–Trinajstić information content (AvgIpc) is 3.65. The van der Waals surface area contributed by atoms with Crippen LogP contribution in [0.15, 0.2) is 130 Å². The molecule has 12 nitrogen and oxygen atoms in total. The van der Waals surface area contributed by atoms with E-state index in [0.29, 0.717) is 40.1 Å². The molecule has 80 heavy (non-hydrogen) atoms. The Hall–Kier alpha value is -4.66. The molecule has 0 aromatic heterocycles. The Morgan fingerprint density at radius 1 is 0.575 bits per heavy atom. The molecule has 0 aliphatic carbocycles. The first-order valence-corrected chi connectivity index (χ1v) is 31.9. The lowest BCUT2D eigenvalue weighted by Crippen LogP contribution is -2.53. The fraction of sp³-hybridized carbons (Fsp3) is 0.296. The predicted molar refractivity (Wildman–Crippen MR) is 296 cm³/mol. The number of hydrogen-bond donors (Lipinski definition) is 3. The Bertz CT molecular complexity index is 3550. The Morgan fingerprint density at radius 3 is 1.65 bits per heavy atom. The molecule has 430 valence electrons. The molecule has 0 amide bonds. The van der Waals surface area contributed by atoms with E-state index >= 15 is 0 Å². The Kier molecular flexibility index (Phi) is 21.4. The normalized spacial score (nSPS) is 19.1. The number of aliphatic hydroxyl groups is 3. The molecule has 26 heteroatoms. The zero-order chi connectivity index (χ0) is 58.2. The maximum atomic E-state index is 14.8. The lowest BCUT2D eigenvalue weighted by atomic mass is 9.86. The highest BCUT2D eigenvalue weighted by Gasteiger charge is 2.59. The molecule has 0 spiro atoms. The minimum absolute atomic E-state index is 0.0187. The van der Waals surface area contributed by atoms with Crippen molar-refractivity contribution in [3.8, 4) is 17.2 Å². The summed E-state index contributed by atoms with van der Waals surface area (Å²) in [5, 5.41) is 23.5. The van der Waals surface area contributed by atoms with Gasteiger partial charge in [0.1, 0.15) is 47.3 Å². The number of benzene rings is 6. The van der Waals surface area contributed by atoms with E-state index in [-0.39, 0.29) is 93.8 Å². The number of hydrogen-bond acceptors (Lipinski definition) is 14. The van der Waals surface area contributed by atoms with Crippen LogP contribution in [0.25, 0.3) is 4.91 Å². The summed E-state index contributed by atoms with van der Waals surface area (Å²) in [4.78, 5) is -0.347. The third-order valence-corrected chi connectivity index (χ3v) is 23.2. The third kappa shape index (κ3) is 13.2. The maximum absolute atomic E-state index is 14.8. The van der Waals surface area contributed by atoms with Crippen molar-refractivity contribution in [2.75, 3.05) is 51.1 Å². The van der Waals surface area contributed by atoms with Gasteiger partial charge >= 0.3 is 0 Å². The number of ether oxygens (including phenoxy) is 3. The van der Waals surface area contributed by atoms with Crippen molar-refractivity contribution in [3.63, 3.8) is 0 Å². The van der Waals surface area contributed by atoms with Crippen molar-refractivity contribution in [1.82, 2.24) is 0 Å². The molecular weight excluding hydrogens is 1220 g/mol. The second kappa shape index (κ2) is 27.2. The molecule has 10 rings (SSSR count). The van der Waals surface area contributed by atoms with Crippen LogP contribution in [0.1, 0.15) is 47.6 Å². The van der Waals surface area contributed by atoms with Gasteiger partial charge in [-0.25, -0.2) is 51.6 Å². The first-order chi connectivity index (χ1) is 38.1. The molecule has 0 saturated carbocycles. The van der Waals surface area contributed by atoms with Crippen LogP contribution in [0.2, 0.25) is 15.1 Å². The standard InChI is InChI=1S/C18H17ClF2O4S2.C18H15ClF2O3S2.C15H9ClF2O3S.C3H8O2/c19-11-2-4-12(5-3-11)27(23,24)18-15(26-9-1-8-22)10-25-17-14(21)7-6-13(20)16(17)18;19-11-2-4-12(5-3-11)26(22,23)18-8-1-9-25-15(18)10-24-17-14(21)7-6-13(20)16(17)18;16-9-1-3-10(4-2-9)22(19,20)13-7-8-21-15-12(18)6-5-11(17)14(13)15;4-2-1-3-5/h2-7,15,18,22H,1,8-10H2;2-7,15H,1,8-10H2;1-7H,8H2;4-5H,1-3H2/t;15-,18+;;/m.1../s1. The van der Waals surface area contributed by atoms with Gasteiger partial charge in [0.05, 0.1) is 46.8 Å². The Labute approximate surface area is 481 Å². The van der Waals surface area contributed by atoms with Gasteiger partial charge in [-0.2, -0.15) is 23.5 Å². The van der Waals surface area contributed by atoms with Crippen molar-refractivity contribution < 1.29 is 81.1 Å². The van der Waals surface area contributed by atoms with Crippen LogP contribution in [0.3, 0.4) is 0 Å². The van der Waals surface area contributed by atoms with E-state index in [4.69, 9.17) is 64.3 Å². The van der Waals surface area contributed by atoms with Crippen LogP contribution in [-0.2, 0) is 34.3 Å². The van der Waals surface area contributed by atoms with E-state index in [9.17, 15) is 51.6 Å². The molecule has 0 bridgehead atoms. The summed E-state index contributed by atoms with van der Waals surface area (Å²) in [6, 6.07) is 22.3. The summed E-state index contributed by atoms with van der Waals surface area (Å²) in [6.07, 6.45) is 2.97. The quantitative estimate of drug-likeness (QED) is 0.0774. The van der Waals surface area contributed by atoms with Gasteiger partial charge in [0.25, 0.3) is 0 Å². The number of sulfone groups is 3. The lowest BCUT2D eigenvalue weighted by molar-refractivity contribution is 0.221. The molecule has 6 aromatic rings. The molecule has 3 N–H and O–H groups in total. The Morgan fingerprint density at radius 2 is 1.07 bits per heavy atom. The highest BCUT2D eigenvalue weighted by atomic mass is 35.5. The Balaban J connectivity index is 0.000000167. The summed E-state index contributed by atoms with van der Waals surface area (Å²) in [7, 11) is -12.1. The van der Waals surface area contributed by atoms with Crippen LogP contribution in [-0.4, -0.2) is 102 Å². The second-order valence-electron chi connectivity index (χ2n) is 17.7. The van der Waals surface area contributed by atoms with Crippen molar-refractivity contribution in [2.24, 2.45) is 0 Å². The van der Waals surface area contributed by atoms with E-state index in [1.54, 1.807) is 0 Å². The van der Waals surface area contributed by atoms with E-state index in [1.165, 1.54) is 102 Å². The molecule has 4 aliphatic heterocycles. The topological polar surface area (TPSA) is 191 Å². The monoisotopic (exact) mass is 1270 g/mol. The van der Waals surface area contributed by atoms with E-state index in [2.05, 4.69) is 0 Å². The minimum atomic E-state index is -4.05. The van der Waals surface area contributed by atoms with Gasteiger partial charge in [-0.15, -0.1) is 0 Å². The second-order valence-corrected chi connectivity index (χ2v) is 27.9. The maximum Gasteiger partial charge on any atom is 0.207 e. The van der Waals surface area contributed by atoms with Gasteiger partial charge in [0, 0.05) is 34.9 Å². The summed E-state index contributed by atoms with van der Waals surface area (Å²) < 4.78 is 179. The van der Waals surface area contributed by atoms with Crippen LogP contribution < -0.4 is 14.2 Å². The van der Waals surface area contributed by atoms with E-state index in [1.807, 2.05) is 0 Å². The van der Waals surface area contributed by atoms with Gasteiger partial charge in [-0.1, -0.05) is 34.8 Å². The smallest absolute Gasteiger partial charge is 0.207 e. The highest BCUT2D eigenvalue weighted by Crippen LogP contribution is 2.56. The fourth-order valence-electron chi connectivity index (χ4n) is 9.04. The molecule has 6 aromatic carbocycles. The van der Waals surface area contributed by atoms with Crippen molar-refractivity contribution in [2.45, 2.75) is 60.9 Å². The number of halogens is 9. The van der Waals surface area contributed by atoms with Crippen LogP contribution in [0, 0.1) is 34.9 Å². The van der Waals surface area contributed by atoms with Gasteiger partial charge < -0.3 is 29.5 Å². The number of aliphatic hydroxyl groups excluding tert-OH is 3. The number of rotatable bonds is 12. The summed E-state index contributed by atoms with van der Waals surface area (Å²) in [5.41, 5.74) is -0.866. The van der Waals surface area contributed by atoms with Gasteiger partial charge in [-0.05, 0) is 152 Å². The molecular formula is C54H49Cl3F6O12S5. The van der Waals surface area contributed by atoms with Crippen molar-refractivity contribution in [1.29, 1.82) is 0 Å². The van der Waals surface area contributed by atoms with Crippen LogP contribution in [0.5, 0.6) is 17.2 Å². The van der Waals surface area contributed by atoms with Crippen LogP contribution >= 0.6 is 58.3 Å². The molecule has 2 unspecified atom stereocenters. The molecule has 1 fully saturated rings. The molecule has 4 atom stereocenters. The number of thioether (sulfide) groups is 2. The molecule has 4 aliphatic rings. The van der Waals surface area contributed by atoms with Crippen molar-refractivity contribution >= 4 is 92.7 Å². The summed E-state index contributed by atoms with van der Waals surface area (Å²) >= 11 is 20.1. The predicted octanol–water partition coefficient (Wildman–Crippen LogP) is 11.8. The minimum Gasteiger partial charge on any atom is -0.489 e. The summed E-state index contributed by atoms with van der Waals surface area (Å²) in [6.45, 7) is -0.0803. The number of fused-ring (bicyclic) bond motifs is 5. The first kappa shape index (κ1) is 62.9. The molecule has 0 radical (unpaired) electrons. The van der Waals surface area contributed by atoms with E-state index in [0.717, 1.165) is 42.2 Å². The van der Waals surface area contributed by atoms with Crippen LogP contribution in [0.4, 0.5) is 26.3 Å². The fourth-order valence-corrected chi connectivity index (χ4v) is 18.5. The average molecular weight is 1270 g/mol. The first-order valence-electron chi connectivity index (χ1n) is 24.2. The lowest BCUT2D eigenvalue weighted by Gasteiger charge is -2.46. The highest BCUT2D eigenvalue weighted by molar-refractivity contribution is 8.02. The molecule has 1 saturated heterocycles. The van der Waals surface area contributed by atoms with Gasteiger partial charge in [0.2, 0.25) is 9.84 Å². The largest absolute Gasteiger partial charge is 0.489 e. The van der Waals surface area contributed by atoms with Crippen molar-refractivity contribution in [3.05, 3.63) is 182 Å². The third-order valence-electron chi connectivity index (χ3n) is 12.7.